The highest BCUT2D eigenvalue weighted by Gasteiger charge is 2.33. The van der Waals surface area contributed by atoms with Gasteiger partial charge in [-0.3, -0.25) is 14.6 Å². The molecule has 160 valence electrons. The van der Waals surface area contributed by atoms with Crippen molar-refractivity contribution in [1.29, 1.82) is 0 Å². The minimum Gasteiger partial charge on any atom is -0.480 e. The molecule has 1 atom stereocenters. The van der Waals surface area contributed by atoms with Crippen molar-refractivity contribution in [2.75, 3.05) is 65.4 Å². The third-order valence-electron chi connectivity index (χ3n) is 6.42. The normalized spacial score (nSPS) is 26.2. The second-order valence-corrected chi connectivity index (χ2v) is 8.78. The quantitative estimate of drug-likeness (QED) is 0.656. The molecule has 8 nitrogen and oxygen atoms in total. The fraction of sp³-hybridized carbons (Fsp3) is 0.900. The maximum Gasteiger partial charge on any atom is 0.410 e. The first-order chi connectivity index (χ1) is 13.4. The van der Waals surface area contributed by atoms with E-state index in [-0.39, 0.29) is 18.7 Å². The summed E-state index contributed by atoms with van der Waals surface area (Å²) in [5, 5.41) is 8.88. The highest BCUT2D eigenvalue weighted by atomic mass is 16.6. The maximum atomic E-state index is 12.2. The van der Waals surface area contributed by atoms with Crippen molar-refractivity contribution in [2.24, 2.45) is 5.92 Å². The summed E-state index contributed by atoms with van der Waals surface area (Å²) in [5.74, 6) is -0.0622. The highest BCUT2D eigenvalue weighted by Crippen LogP contribution is 2.23. The van der Waals surface area contributed by atoms with Gasteiger partial charge in [0.2, 0.25) is 0 Å². The molecule has 0 bridgehead atoms. The molecular weight excluding hydrogens is 360 g/mol. The summed E-state index contributed by atoms with van der Waals surface area (Å²) in [5.41, 5.74) is 0. The minimum atomic E-state index is -0.774. The van der Waals surface area contributed by atoms with Crippen LogP contribution in [0.5, 0.6) is 0 Å². The van der Waals surface area contributed by atoms with Crippen LogP contribution in [-0.2, 0) is 9.53 Å². The molecule has 0 radical (unpaired) electrons. The van der Waals surface area contributed by atoms with Crippen molar-refractivity contribution in [1.82, 2.24) is 19.6 Å². The maximum absolute atomic E-state index is 12.2. The molecule has 28 heavy (non-hydrogen) atoms. The Kier molecular flexibility index (Phi) is 7.54. The molecule has 3 saturated heterocycles. The summed E-state index contributed by atoms with van der Waals surface area (Å²) in [4.78, 5) is 31.7. The topological polar surface area (TPSA) is 76.6 Å². The number of hydrogen-bond acceptors (Lipinski definition) is 6. The van der Waals surface area contributed by atoms with Crippen LogP contribution in [0.4, 0.5) is 4.79 Å². The summed E-state index contributed by atoms with van der Waals surface area (Å²) >= 11 is 0. The van der Waals surface area contributed by atoms with Crippen LogP contribution in [-0.4, -0.2) is 114 Å². The molecule has 0 aliphatic carbocycles. The molecule has 3 rings (SSSR count). The van der Waals surface area contributed by atoms with Gasteiger partial charge in [0, 0.05) is 45.3 Å². The van der Waals surface area contributed by atoms with Gasteiger partial charge in [-0.25, -0.2) is 4.79 Å². The number of likely N-dealkylation sites (tertiary alicyclic amines) is 1. The lowest BCUT2D eigenvalue weighted by Crippen LogP contribution is -2.50. The number of carbonyl (C=O) groups excluding carboxylic acids is 1. The zero-order valence-electron chi connectivity index (χ0n) is 17.4. The Hall–Kier alpha value is -1.38. The van der Waals surface area contributed by atoms with Gasteiger partial charge >= 0.3 is 12.1 Å². The van der Waals surface area contributed by atoms with Crippen LogP contribution < -0.4 is 0 Å². The van der Waals surface area contributed by atoms with E-state index in [0.717, 1.165) is 45.7 Å². The number of carboxylic acid groups (broad SMARTS) is 1. The van der Waals surface area contributed by atoms with Crippen LogP contribution in [0.1, 0.15) is 33.1 Å². The molecule has 0 aromatic rings. The van der Waals surface area contributed by atoms with Crippen LogP contribution in [0.2, 0.25) is 0 Å². The first kappa shape index (κ1) is 21.3. The lowest BCUT2D eigenvalue weighted by atomic mass is 9.93. The lowest BCUT2D eigenvalue weighted by molar-refractivity contribution is -0.138. The summed E-state index contributed by atoms with van der Waals surface area (Å²) < 4.78 is 5.59. The molecule has 1 unspecified atom stereocenters. The number of piperidine rings is 1. The minimum absolute atomic E-state index is 0.0682. The number of cyclic esters (lactones) is 1. The second kappa shape index (κ2) is 9.89. The third kappa shape index (κ3) is 6.06. The smallest absolute Gasteiger partial charge is 0.410 e. The first-order valence-electron chi connectivity index (χ1n) is 10.8. The van der Waals surface area contributed by atoms with Crippen LogP contribution in [0, 0.1) is 5.92 Å². The Morgan fingerprint density at radius 3 is 2.36 bits per heavy atom. The standard InChI is InChI=1S/C20H36N4O4/c1-16(2)23-6-3-17(4-7-23)5-8-24-14-18(28-20(24)27)13-21-9-11-22(12-10-21)15-19(25)26/h16-18H,3-15H2,1-2H3,(H,25,26). The SMILES string of the molecule is CC(C)N1CCC(CCN2CC(CN3CCN(CC(=O)O)CC3)OC2=O)CC1. The average molecular weight is 397 g/mol. The number of rotatable bonds is 8. The number of aliphatic carboxylic acids is 1. The summed E-state index contributed by atoms with van der Waals surface area (Å²) in [6.07, 6.45) is 3.29. The van der Waals surface area contributed by atoms with Crippen molar-refractivity contribution in [3.63, 3.8) is 0 Å². The Morgan fingerprint density at radius 2 is 1.75 bits per heavy atom. The van der Waals surface area contributed by atoms with E-state index in [9.17, 15) is 9.59 Å². The molecule has 3 heterocycles. The van der Waals surface area contributed by atoms with Gasteiger partial charge in [-0.05, 0) is 52.1 Å². The monoisotopic (exact) mass is 396 g/mol. The van der Waals surface area contributed by atoms with Crippen molar-refractivity contribution >= 4 is 12.1 Å². The lowest BCUT2D eigenvalue weighted by Gasteiger charge is -2.35. The first-order valence-corrected chi connectivity index (χ1v) is 10.8. The zero-order valence-corrected chi connectivity index (χ0v) is 17.4. The van der Waals surface area contributed by atoms with Gasteiger partial charge < -0.3 is 19.6 Å². The van der Waals surface area contributed by atoms with E-state index in [4.69, 9.17) is 9.84 Å². The molecule has 3 aliphatic heterocycles. The Labute approximate surface area is 168 Å². The van der Waals surface area contributed by atoms with Crippen molar-refractivity contribution in [3.05, 3.63) is 0 Å². The number of ether oxygens (including phenoxy) is 1. The van der Waals surface area contributed by atoms with Crippen LogP contribution in [0.25, 0.3) is 0 Å². The fourth-order valence-corrected chi connectivity index (χ4v) is 4.56. The van der Waals surface area contributed by atoms with Crippen LogP contribution in [0.3, 0.4) is 0 Å². The molecule has 0 spiro atoms. The van der Waals surface area contributed by atoms with E-state index in [0.29, 0.717) is 18.5 Å². The van der Waals surface area contributed by atoms with Crippen molar-refractivity contribution < 1.29 is 19.4 Å². The fourth-order valence-electron chi connectivity index (χ4n) is 4.56. The largest absolute Gasteiger partial charge is 0.480 e. The Morgan fingerprint density at radius 1 is 1.11 bits per heavy atom. The van der Waals surface area contributed by atoms with E-state index in [1.807, 2.05) is 9.80 Å². The van der Waals surface area contributed by atoms with E-state index in [2.05, 4.69) is 23.6 Å². The Balaban J connectivity index is 1.34. The van der Waals surface area contributed by atoms with Gasteiger partial charge in [-0.15, -0.1) is 0 Å². The van der Waals surface area contributed by atoms with Crippen molar-refractivity contribution in [3.8, 4) is 0 Å². The summed E-state index contributed by atoms with van der Waals surface area (Å²) in [6.45, 7) is 12.4. The molecule has 0 saturated carbocycles. The molecule has 8 heteroatoms. The van der Waals surface area contributed by atoms with Gasteiger partial charge in [-0.1, -0.05) is 0 Å². The van der Waals surface area contributed by atoms with Gasteiger partial charge in [0.15, 0.2) is 0 Å². The van der Waals surface area contributed by atoms with Gasteiger partial charge in [0.1, 0.15) is 6.10 Å². The molecular formula is C20H36N4O4. The van der Waals surface area contributed by atoms with E-state index >= 15 is 0 Å². The zero-order chi connectivity index (χ0) is 20.1. The molecule has 3 fully saturated rings. The van der Waals surface area contributed by atoms with Gasteiger partial charge in [0.05, 0.1) is 13.1 Å². The van der Waals surface area contributed by atoms with Crippen LogP contribution in [0.15, 0.2) is 0 Å². The van der Waals surface area contributed by atoms with Gasteiger partial charge in [-0.2, -0.15) is 0 Å². The van der Waals surface area contributed by atoms with Crippen LogP contribution >= 0.6 is 0 Å². The number of carboxylic acids is 1. The summed E-state index contributed by atoms with van der Waals surface area (Å²) in [7, 11) is 0. The molecule has 0 aromatic carbocycles. The van der Waals surface area contributed by atoms with Gasteiger partial charge in [0.25, 0.3) is 0 Å². The number of nitrogens with zero attached hydrogens (tertiary/aromatic N) is 4. The predicted octanol–water partition coefficient (Wildman–Crippen LogP) is 1.02. The molecule has 1 amide bonds. The predicted molar refractivity (Wildman–Crippen MR) is 106 cm³/mol. The molecule has 1 N–H and O–H groups in total. The van der Waals surface area contributed by atoms with E-state index in [1.165, 1.54) is 25.9 Å². The Bertz CT molecular complexity index is 528. The number of amides is 1. The average Bonchev–Trinajstić information content (AvgIpc) is 3.00. The van der Waals surface area contributed by atoms with Crippen molar-refractivity contribution in [2.45, 2.75) is 45.3 Å². The summed E-state index contributed by atoms with van der Waals surface area (Å²) in [6, 6.07) is 0.626. The third-order valence-corrected chi connectivity index (χ3v) is 6.42. The number of carbonyl (C=O) groups is 2. The number of piperazine rings is 1. The van der Waals surface area contributed by atoms with E-state index in [1.54, 1.807) is 0 Å². The number of hydrogen-bond donors (Lipinski definition) is 1. The second-order valence-electron chi connectivity index (χ2n) is 8.78. The highest BCUT2D eigenvalue weighted by molar-refractivity contribution is 5.70. The molecule has 3 aliphatic rings. The molecule has 0 aromatic heterocycles. The van der Waals surface area contributed by atoms with E-state index < -0.39 is 5.97 Å².